The summed E-state index contributed by atoms with van der Waals surface area (Å²) < 4.78 is 24.3. The van der Waals surface area contributed by atoms with Gasteiger partial charge in [-0.15, -0.1) is 0 Å². The Hall–Kier alpha value is -3.62. The molecule has 1 saturated heterocycles. The Morgan fingerprint density at radius 2 is 1.78 bits per heavy atom. The van der Waals surface area contributed by atoms with Crippen molar-refractivity contribution in [1.29, 1.82) is 0 Å². The number of halogens is 1. The van der Waals surface area contributed by atoms with E-state index in [1.807, 2.05) is 30.3 Å². The smallest absolute Gasteiger partial charge is 0.242 e. The Balaban J connectivity index is 1.42. The van der Waals surface area contributed by atoms with Crippen molar-refractivity contribution in [2.75, 3.05) is 19.7 Å². The zero-order valence-electron chi connectivity index (χ0n) is 17.5. The zero-order valence-corrected chi connectivity index (χ0v) is 17.5. The first-order chi connectivity index (χ1) is 15.4. The van der Waals surface area contributed by atoms with Gasteiger partial charge in [-0.2, -0.15) is 0 Å². The molecule has 0 spiro atoms. The van der Waals surface area contributed by atoms with Crippen LogP contribution in [0.4, 0.5) is 4.39 Å². The topological polar surface area (TPSA) is 111 Å². The van der Waals surface area contributed by atoms with Gasteiger partial charge in [0, 0.05) is 12.8 Å². The summed E-state index contributed by atoms with van der Waals surface area (Å²) in [5.41, 5.74) is 5.45. The van der Waals surface area contributed by atoms with E-state index in [-0.39, 0.29) is 31.8 Å². The largest absolute Gasteiger partial charge is 0.494 e. The van der Waals surface area contributed by atoms with Crippen LogP contribution in [-0.2, 0) is 14.4 Å². The molecule has 1 heterocycles. The van der Waals surface area contributed by atoms with Crippen LogP contribution in [0.1, 0.15) is 19.3 Å². The maximum Gasteiger partial charge on any atom is 0.242 e. The highest BCUT2D eigenvalue weighted by molar-refractivity contribution is 5.90. The first-order valence-electron chi connectivity index (χ1n) is 10.4. The van der Waals surface area contributed by atoms with Crippen molar-refractivity contribution in [2.45, 2.75) is 31.4 Å². The van der Waals surface area contributed by atoms with Gasteiger partial charge in [-0.3, -0.25) is 14.4 Å². The number of ether oxygens (including phenoxy) is 2. The maximum atomic E-state index is 13.1. The summed E-state index contributed by atoms with van der Waals surface area (Å²) in [5.74, 6) is -0.588. The number of carbonyl (C=O) groups is 3. The molecule has 8 nitrogen and oxygen atoms in total. The molecule has 0 aromatic heterocycles. The van der Waals surface area contributed by atoms with Gasteiger partial charge in [0.15, 0.2) is 0 Å². The van der Waals surface area contributed by atoms with Crippen molar-refractivity contribution in [3.63, 3.8) is 0 Å². The summed E-state index contributed by atoms with van der Waals surface area (Å²) in [7, 11) is 0. The third-order valence-electron chi connectivity index (χ3n) is 5.02. The second-order valence-electron chi connectivity index (χ2n) is 7.44. The summed E-state index contributed by atoms with van der Waals surface area (Å²) in [6.45, 7) is 0.277. The summed E-state index contributed by atoms with van der Waals surface area (Å²) in [6.07, 6.45) is 0.461. The normalized spacial score (nSPS) is 17.6. The number of nitrogens with two attached hydrogens (primary N) is 1. The van der Waals surface area contributed by atoms with E-state index >= 15 is 0 Å². The highest BCUT2D eigenvalue weighted by Crippen LogP contribution is 2.23. The van der Waals surface area contributed by atoms with Crippen LogP contribution in [0.15, 0.2) is 54.6 Å². The van der Waals surface area contributed by atoms with Crippen LogP contribution in [-0.4, -0.2) is 54.5 Å². The molecule has 0 saturated carbocycles. The summed E-state index contributed by atoms with van der Waals surface area (Å²) in [5, 5.41) is 2.57. The second-order valence-corrected chi connectivity index (χ2v) is 7.44. The molecule has 170 valence electrons. The van der Waals surface area contributed by atoms with Gasteiger partial charge in [0.1, 0.15) is 29.5 Å². The van der Waals surface area contributed by atoms with E-state index in [4.69, 9.17) is 15.2 Å². The second kappa shape index (κ2) is 11.1. The Labute approximate surface area is 185 Å². The van der Waals surface area contributed by atoms with Crippen molar-refractivity contribution in [2.24, 2.45) is 5.73 Å². The molecule has 1 aliphatic heterocycles. The van der Waals surface area contributed by atoms with Crippen molar-refractivity contribution in [3.05, 3.63) is 60.4 Å². The van der Waals surface area contributed by atoms with Crippen LogP contribution in [0.2, 0.25) is 0 Å². The van der Waals surface area contributed by atoms with Crippen LogP contribution >= 0.6 is 0 Å². The predicted molar refractivity (Wildman–Crippen MR) is 114 cm³/mol. The van der Waals surface area contributed by atoms with E-state index in [2.05, 4.69) is 5.32 Å². The molecule has 1 fully saturated rings. The number of nitrogens with zero attached hydrogens (tertiary/aromatic N) is 1. The average Bonchev–Trinajstić information content (AvgIpc) is 3.22. The minimum atomic E-state index is -0.830. The third kappa shape index (κ3) is 6.69. The Morgan fingerprint density at radius 1 is 1.06 bits per heavy atom. The van der Waals surface area contributed by atoms with Crippen LogP contribution in [0.25, 0.3) is 0 Å². The van der Waals surface area contributed by atoms with Gasteiger partial charge in [-0.1, -0.05) is 18.2 Å². The van der Waals surface area contributed by atoms with Gasteiger partial charge in [-0.05, 0) is 42.8 Å². The molecule has 2 aromatic carbocycles. The summed E-state index contributed by atoms with van der Waals surface area (Å²) in [6, 6.07) is 13.9. The van der Waals surface area contributed by atoms with Crippen molar-refractivity contribution < 1.29 is 28.2 Å². The maximum absolute atomic E-state index is 13.1. The number of hydrogen-bond acceptors (Lipinski definition) is 5. The number of rotatable bonds is 10. The summed E-state index contributed by atoms with van der Waals surface area (Å²) in [4.78, 5) is 37.8. The molecule has 2 aromatic rings. The zero-order chi connectivity index (χ0) is 22.9. The molecule has 3 N–H and O–H groups in total. The molecule has 9 heteroatoms. The standard InChI is InChI=1S/C23H26FN3O5/c24-16-8-10-18(11-9-16)32-19-13-20(23(25)30)27(15-19)22(29)14-26-21(28)7-4-12-31-17-5-2-1-3-6-17/h1-3,5-6,8-11,19-20H,4,7,12-15H2,(H2,25,30)(H,26,28). The van der Waals surface area contributed by atoms with E-state index < -0.39 is 29.8 Å². The first-order valence-corrected chi connectivity index (χ1v) is 10.4. The molecular formula is C23H26FN3O5. The van der Waals surface area contributed by atoms with Gasteiger partial charge < -0.3 is 25.4 Å². The number of benzene rings is 2. The average molecular weight is 443 g/mol. The van der Waals surface area contributed by atoms with E-state index in [1.54, 1.807) is 0 Å². The van der Waals surface area contributed by atoms with Gasteiger partial charge in [0.25, 0.3) is 0 Å². The number of para-hydroxylation sites is 1. The Kier molecular flexibility index (Phi) is 8.02. The predicted octanol–water partition coefficient (Wildman–Crippen LogP) is 1.63. The highest BCUT2D eigenvalue weighted by Gasteiger charge is 2.39. The summed E-state index contributed by atoms with van der Waals surface area (Å²) >= 11 is 0. The lowest BCUT2D eigenvalue weighted by molar-refractivity contribution is -0.137. The van der Waals surface area contributed by atoms with Crippen molar-refractivity contribution >= 4 is 17.7 Å². The quantitative estimate of drug-likeness (QED) is 0.543. The fourth-order valence-electron chi connectivity index (χ4n) is 3.44. The lowest BCUT2D eigenvalue weighted by Gasteiger charge is -2.22. The SMILES string of the molecule is NC(=O)C1CC(Oc2ccc(F)cc2)CN1C(=O)CNC(=O)CCCOc1ccccc1. The number of amides is 3. The molecule has 3 rings (SSSR count). The number of hydrogen-bond donors (Lipinski definition) is 2. The van der Waals surface area contributed by atoms with Crippen molar-refractivity contribution in [1.82, 2.24) is 10.2 Å². The molecule has 2 atom stereocenters. The number of carbonyl (C=O) groups excluding carboxylic acids is 3. The van der Waals surface area contributed by atoms with E-state index in [1.165, 1.54) is 29.2 Å². The molecule has 2 unspecified atom stereocenters. The van der Waals surface area contributed by atoms with Gasteiger partial charge in [-0.25, -0.2) is 4.39 Å². The number of primary amides is 1. The number of nitrogens with one attached hydrogen (secondary N) is 1. The fraction of sp³-hybridized carbons (Fsp3) is 0.348. The molecular weight excluding hydrogens is 417 g/mol. The van der Waals surface area contributed by atoms with Crippen LogP contribution in [0.5, 0.6) is 11.5 Å². The van der Waals surface area contributed by atoms with E-state index in [0.29, 0.717) is 18.8 Å². The lowest BCUT2D eigenvalue weighted by atomic mass is 10.2. The van der Waals surface area contributed by atoms with Crippen LogP contribution < -0.4 is 20.5 Å². The van der Waals surface area contributed by atoms with Gasteiger partial charge in [0.2, 0.25) is 17.7 Å². The van der Waals surface area contributed by atoms with Gasteiger partial charge >= 0.3 is 0 Å². The monoisotopic (exact) mass is 443 g/mol. The Morgan fingerprint density at radius 3 is 2.47 bits per heavy atom. The molecule has 0 aliphatic carbocycles. The minimum Gasteiger partial charge on any atom is -0.494 e. The van der Waals surface area contributed by atoms with E-state index in [0.717, 1.165) is 5.75 Å². The minimum absolute atomic E-state index is 0.143. The van der Waals surface area contributed by atoms with Gasteiger partial charge in [0.05, 0.1) is 19.7 Å². The van der Waals surface area contributed by atoms with E-state index in [9.17, 15) is 18.8 Å². The first kappa shape index (κ1) is 23.1. The van der Waals surface area contributed by atoms with Crippen LogP contribution in [0, 0.1) is 5.82 Å². The molecule has 0 bridgehead atoms. The molecule has 32 heavy (non-hydrogen) atoms. The highest BCUT2D eigenvalue weighted by atomic mass is 19.1. The van der Waals surface area contributed by atoms with Crippen LogP contribution in [0.3, 0.4) is 0 Å². The third-order valence-corrected chi connectivity index (χ3v) is 5.02. The van der Waals surface area contributed by atoms with Crippen molar-refractivity contribution in [3.8, 4) is 11.5 Å². The number of likely N-dealkylation sites (tertiary alicyclic amines) is 1. The fourth-order valence-corrected chi connectivity index (χ4v) is 3.44. The molecule has 0 radical (unpaired) electrons. The Bertz CT molecular complexity index is 923. The molecule has 1 aliphatic rings. The lowest BCUT2D eigenvalue weighted by Crippen LogP contribution is -2.47. The molecule has 3 amide bonds.